The fraction of sp³-hybridized carbons (Fsp3) is 0.679. The summed E-state index contributed by atoms with van der Waals surface area (Å²) in [6.45, 7) is 6.51. The third-order valence-electron chi connectivity index (χ3n) is 9.09. The molecule has 0 aromatic heterocycles. The molecule has 32 heavy (non-hydrogen) atoms. The van der Waals surface area contributed by atoms with Gasteiger partial charge in [0.25, 0.3) is 0 Å². The van der Waals surface area contributed by atoms with Crippen molar-refractivity contribution in [2.45, 2.75) is 85.0 Å². The van der Waals surface area contributed by atoms with E-state index in [1.807, 2.05) is 25.2 Å². The molecule has 5 unspecified atom stereocenters. The predicted octanol–water partition coefficient (Wildman–Crippen LogP) is 5.91. The molecule has 4 rings (SSSR count). The number of ketones is 2. The number of hydrogen-bond donors (Lipinski definition) is 0. The van der Waals surface area contributed by atoms with Gasteiger partial charge in [0.05, 0.1) is 0 Å². The van der Waals surface area contributed by atoms with Crippen LogP contribution in [0.3, 0.4) is 0 Å². The summed E-state index contributed by atoms with van der Waals surface area (Å²) in [5.41, 5.74) is 2.84. The van der Waals surface area contributed by atoms with Crippen molar-refractivity contribution in [2.75, 3.05) is 6.61 Å². The number of unbranched alkanes of at least 4 members (excludes halogenated alkanes) is 1. The number of hydrogen-bond acceptors (Lipinski definition) is 4. The molecule has 5 atom stereocenters. The van der Waals surface area contributed by atoms with Gasteiger partial charge in [-0.3, -0.25) is 14.4 Å². The molecule has 174 valence electrons. The molecular weight excluding hydrogens is 400 g/mol. The van der Waals surface area contributed by atoms with Gasteiger partial charge in [0.15, 0.2) is 11.6 Å². The van der Waals surface area contributed by atoms with E-state index in [1.165, 1.54) is 11.1 Å². The average Bonchev–Trinajstić information content (AvgIpc) is 3.13. The first-order valence-electron chi connectivity index (χ1n) is 12.5. The van der Waals surface area contributed by atoms with Gasteiger partial charge in [0.2, 0.25) is 0 Å². The Hall–Kier alpha value is -1.97. The molecule has 0 N–H and O–H groups in total. The van der Waals surface area contributed by atoms with E-state index in [0.29, 0.717) is 24.7 Å². The lowest BCUT2D eigenvalue weighted by molar-refractivity contribution is -0.150. The lowest BCUT2D eigenvalue weighted by atomic mass is 9.51. The normalized spacial score (nSPS) is 36.1. The van der Waals surface area contributed by atoms with Crippen LogP contribution in [0.25, 0.3) is 0 Å². The first kappa shape index (κ1) is 23.2. The minimum absolute atomic E-state index is 0.0289. The highest BCUT2D eigenvalue weighted by molar-refractivity contribution is 5.92. The van der Waals surface area contributed by atoms with Gasteiger partial charge in [-0.05, 0) is 81.6 Å². The second kappa shape index (κ2) is 9.11. The first-order chi connectivity index (χ1) is 15.3. The molecule has 0 aliphatic heterocycles. The fourth-order valence-corrected chi connectivity index (χ4v) is 7.24. The maximum absolute atomic E-state index is 13.1. The summed E-state index contributed by atoms with van der Waals surface area (Å²) in [4.78, 5) is 37.1. The molecule has 0 amide bonds. The number of Topliss-reactive ketones (excluding diaryl/α,β-unsaturated/α-hetero) is 1. The first-order valence-corrected chi connectivity index (χ1v) is 12.5. The van der Waals surface area contributed by atoms with Gasteiger partial charge in [-0.25, -0.2) is 0 Å². The van der Waals surface area contributed by atoms with Crippen LogP contribution >= 0.6 is 0 Å². The summed E-state index contributed by atoms with van der Waals surface area (Å²) in [5.74, 6) is 1.10. The van der Waals surface area contributed by atoms with Crippen molar-refractivity contribution in [3.63, 3.8) is 0 Å². The van der Waals surface area contributed by atoms with Gasteiger partial charge >= 0.3 is 5.97 Å². The topological polar surface area (TPSA) is 60.4 Å². The Labute approximate surface area is 192 Å². The molecule has 2 fully saturated rings. The number of carbonyl (C=O) groups is 3. The van der Waals surface area contributed by atoms with Crippen molar-refractivity contribution in [3.8, 4) is 0 Å². The van der Waals surface area contributed by atoms with E-state index in [2.05, 4.69) is 19.9 Å². The summed E-state index contributed by atoms with van der Waals surface area (Å²) in [6.07, 6.45) is 16.9. The molecule has 4 nitrogen and oxygen atoms in total. The van der Waals surface area contributed by atoms with Crippen LogP contribution in [0.5, 0.6) is 0 Å². The monoisotopic (exact) mass is 438 g/mol. The zero-order chi connectivity index (χ0) is 22.9. The molecule has 4 aliphatic rings. The number of esters is 1. The minimum Gasteiger partial charge on any atom is -0.458 e. The largest absolute Gasteiger partial charge is 0.458 e. The van der Waals surface area contributed by atoms with Gasteiger partial charge in [-0.1, -0.05) is 43.2 Å². The quantitative estimate of drug-likeness (QED) is 0.281. The van der Waals surface area contributed by atoms with Crippen molar-refractivity contribution < 1.29 is 19.1 Å². The minimum atomic E-state index is -0.264. The van der Waals surface area contributed by atoms with Crippen molar-refractivity contribution in [1.82, 2.24) is 0 Å². The number of allylic oxidation sites excluding steroid dienone is 6. The van der Waals surface area contributed by atoms with E-state index >= 15 is 0 Å². The van der Waals surface area contributed by atoms with Crippen LogP contribution in [0.4, 0.5) is 0 Å². The van der Waals surface area contributed by atoms with Gasteiger partial charge in [0.1, 0.15) is 6.61 Å². The molecular formula is C28H38O4. The Kier molecular flexibility index (Phi) is 6.61. The predicted molar refractivity (Wildman–Crippen MR) is 125 cm³/mol. The summed E-state index contributed by atoms with van der Waals surface area (Å²) < 4.78 is 5.36. The zero-order valence-electron chi connectivity index (χ0n) is 20.0. The van der Waals surface area contributed by atoms with Crippen molar-refractivity contribution in [2.24, 2.45) is 28.6 Å². The van der Waals surface area contributed by atoms with E-state index in [0.717, 1.165) is 51.4 Å². The van der Waals surface area contributed by atoms with Gasteiger partial charge < -0.3 is 4.74 Å². The third kappa shape index (κ3) is 4.06. The molecule has 4 heteroatoms. The van der Waals surface area contributed by atoms with Crippen molar-refractivity contribution >= 4 is 17.5 Å². The van der Waals surface area contributed by atoms with Crippen molar-refractivity contribution in [1.29, 1.82) is 0 Å². The summed E-state index contributed by atoms with van der Waals surface area (Å²) in [6, 6.07) is 0. The maximum atomic E-state index is 13.1. The second-order valence-electron chi connectivity index (χ2n) is 10.8. The van der Waals surface area contributed by atoms with Crippen LogP contribution in [0.15, 0.2) is 35.5 Å². The zero-order valence-corrected chi connectivity index (χ0v) is 20.0. The second-order valence-corrected chi connectivity index (χ2v) is 10.8. The van der Waals surface area contributed by atoms with Gasteiger partial charge in [-0.15, -0.1) is 0 Å². The van der Waals surface area contributed by atoms with E-state index in [-0.39, 0.29) is 40.9 Å². The van der Waals surface area contributed by atoms with Gasteiger partial charge in [-0.2, -0.15) is 0 Å². The van der Waals surface area contributed by atoms with Gasteiger partial charge in [0, 0.05) is 24.2 Å². The Balaban J connectivity index is 1.43. The molecule has 0 saturated heterocycles. The van der Waals surface area contributed by atoms with E-state index < -0.39 is 0 Å². The Morgan fingerprint density at radius 3 is 2.78 bits per heavy atom. The Morgan fingerprint density at radius 1 is 1.19 bits per heavy atom. The van der Waals surface area contributed by atoms with Crippen LogP contribution in [-0.4, -0.2) is 24.1 Å². The molecule has 0 heterocycles. The lowest BCUT2D eigenvalue weighted by Gasteiger charge is -2.53. The van der Waals surface area contributed by atoms with E-state index in [9.17, 15) is 14.4 Å². The highest BCUT2D eigenvalue weighted by atomic mass is 16.5. The highest BCUT2D eigenvalue weighted by Gasteiger charge is 2.57. The van der Waals surface area contributed by atoms with E-state index in [1.54, 1.807) is 0 Å². The standard InChI is InChI=1S/C28H38O4/c1-4-5-6-7-8-26(31)32-18-25(30)24-12-11-22-21-10-9-19-17-20(29)13-15-27(19,2)23(21)14-16-28(22,24)3/h4-5,14,17,21-22,24H,6-13,15-16,18H2,1-3H3/b5-4-. The number of rotatable bonds is 7. The van der Waals surface area contributed by atoms with Crippen LogP contribution in [0.2, 0.25) is 0 Å². The number of ether oxygens (including phenoxy) is 1. The van der Waals surface area contributed by atoms with Crippen LogP contribution in [0.1, 0.15) is 85.0 Å². The molecule has 0 bridgehead atoms. The number of fused-ring (bicyclic) bond motifs is 5. The average molecular weight is 439 g/mol. The lowest BCUT2D eigenvalue weighted by Crippen LogP contribution is -2.45. The Bertz CT molecular complexity index is 878. The van der Waals surface area contributed by atoms with Crippen molar-refractivity contribution in [3.05, 3.63) is 35.5 Å². The molecule has 2 saturated carbocycles. The van der Waals surface area contributed by atoms with E-state index in [4.69, 9.17) is 4.74 Å². The summed E-state index contributed by atoms with van der Waals surface area (Å²) >= 11 is 0. The maximum Gasteiger partial charge on any atom is 0.306 e. The van der Waals surface area contributed by atoms with Crippen LogP contribution in [-0.2, 0) is 19.1 Å². The fourth-order valence-electron chi connectivity index (χ4n) is 7.24. The Morgan fingerprint density at radius 2 is 2.00 bits per heavy atom. The third-order valence-corrected chi connectivity index (χ3v) is 9.09. The number of carbonyl (C=O) groups excluding carboxylic acids is 3. The molecule has 0 spiro atoms. The molecule has 0 aromatic carbocycles. The summed E-state index contributed by atoms with van der Waals surface area (Å²) in [5, 5.41) is 0. The summed E-state index contributed by atoms with van der Waals surface area (Å²) in [7, 11) is 0. The van der Waals surface area contributed by atoms with Crippen LogP contribution in [0, 0.1) is 28.6 Å². The molecule has 0 radical (unpaired) electrons. The molecule has 0 aromatic rings. The molecule has 4 aliphatic carbocycles. The SMILES string of the molecule is C/C=C\CCCC(=O)OCC(=O)C1CCC2C3CCC4=CC(=O)CCC4(C)C3=CCC12C. The highest BCUT2D eigenvalue weighted by Crippen LogP contribution is 2.64. The van der Waals surface area contributed by atoms with Crippen LogP contribution < -0.4 is 0 Å². The smallest absolute Gasteiger partial charge is 0.306 e.